The van der Waals surface area contributed by atoms with Gasteiger partial charge in [-0.2, -0.15) is 5.10 Å². The summed E-state index contributed by atoms with van der Waals surface area (Å²) in [7, 11) is 0. The number of nitrogens with zero attached hydrogens (tertiary/aromatic N) is 2. The van der Waals surface area contributed by atoms with E-state index in [4.69, 9.17) is 5.73 Å². The second kappa shape index (κ2) is 6.13. The second-order valence-electron chi connectivity index (χ2n) is 4.96. The number of hydrogen-bond acceptors (Lipinski definition) is 3. The summed E-state index contributed by atoms with van der Waals surface area (Å²) >= 11 is 0. The zero-order chi connectivity index (χ0) is 15.4. The van der Waals surface area contributed by atoms with Gasteiger partial charge in [0.2, 0.25) is 0 Å². The van der Waals surface area contributed by atoms with Gasteiger partial charge in [0.25, 0.3) is 5.91 Å². The summed E-state index contributed by atoms with van der Waals surface area (Å²) in [6.07, 6.45) is 1.84. The van der Waals surface area contributed by atoms with Crippen LogP contribution in [0.4, 0.5) is 11.5 Å². The smallest absolute Gasteiger partial charge is 0.256 e. The monoisotopic (exact) mass is 292 g/mol. The summed E-state index contributed by atoms with van der Waals surface area (Å²) in [5, 5.41) is 7.11. The molecule has 0 saturated heterocycles. The topological polar surface area (TPSA) is 72.9 Å². The average molecular weight is 292 g/mol. The summed E-state index contributed by atoms with van der Waals surface area (Å²) in [5.74, 6) is 0.292. The fourth-order valence-electron chi connectivity index (χ4n) is 2.16. The van der Waals surface area contributed by atoms with Crippen LogP contribution in [0.2, 0.25) is 0 Å². The first-order valence-corrected chi connectivity index (χ1v) is 6.95. The summed E-state index contributed by atoms with van der Waals surface area (Å²) in [6, 6.07) is 18.6. The normalized spacial score (nSPS) is 10.4. The van der Waals surface area contributed by atoms with Crippen molar-refractivity contribution in [2.24, 2.45) is 0 Å². The summed E-state index contributed by atoms with van der Waals surface area (Å²) in [4.78, 5) is 12.1. The minimum atomic E-state index is -0.225. The summed E-state index contributed by atoms with van der Waals surface area (Å²) < 4.78 is 1.78. The molecule has 0 aliphatic rings. The highest BCUT2D eigenvalue weighted by molar-refractivity contribution is 6.04. The SMILES string of the molecule is Nc1cccc(C(=O)Nc2ccn(Cc3ccccc3)n2)c1. The van der Waals surface area contributed by atoms with Gasteiger partial charge < -0.3 is 11.1 Å². The van der Waals surface area contributed by atoms with Crippen molar-refractivity contribution in [3.63, 3.8) is 0 Å². The van der Waals surface area contributed by atoms with E-state index in [1.54, 1.807) is 35.0 Å². The van der Waals surface area contributed by atoms with Gasteiger partial charge in [-0.15, -0.1) is 0 Å². The van der Waals surface area contributed by atoms with Crippen molar-refractivity contribution in [2.75, 3.05) is 11.1 Å². The maximum Gasteiger partial charge on any atom is 0.256 e. The fourth-order valence-corrected chi connectivity index (χ4v) is 2.16. The van der Waals surface area contributed by atoms with Crippen LogP contribution in [0, 0.1) is 0 Å². The molecule has 3 aromatic rings. The number of hydrogen-bond donors (Lipinski definition) is 2. The second-order valence-corrected chi connectivity index (χ2v) is 4.96. The van der Waals surface area contributed by atoms with Gasteiger partial charge in [0.05, 0.1) is 6.54 Å². The first kappa shape index (κ1) is 13.9. The fraction of sp³-hybridized carbons (Fsp3) is 0.0588. The van der Waals surface area contributed by atoms with Crippen LogP contribution in [-0.4, -0.2) is 15.7 Å². The predicted octanol–water partition coefficient (Wildman–Crippen LogP) is 2.77. The van der Waals surface area contributed by atoms with E-state index in [1.807, 2.05) is 36.5 Å². The largest absolute Gasteiger partial charge is 0.399 e. The molecule has 1 heterocycles. The van der Waals surface area contributed by atoms with Crippen LogP contribution in [0.5, 0.6) is 0 Å². The van der Waals surface area contributed by atoms with Crippen LogP contribution in [0.3, 0.4) is 0 Å². The molecule has 0 unspecified atom stereocenters. The quantitative estimate of drug-likeness (QED) is 0.726. The lowest BCUT2D eigenvalue weighted by Crippen LogP contribution is -2.13. The number of amides is 1. The molecule has 0 spiro atoms. The lowest BCUT2D eigenvalue weighted by molar-refractivity contribution is 0.102. The highest BCUT2D eigenvalue weighted by Gasteiger charge is 2.08. The van der Waals surface area contributed by atoms with Crippen molar-refractivity contribution in [3.8, 4) is 0 Å². The van der Waals surface area contributed by atoms with Crippen molar-refractivity contribution in [3.05, 3.63) is 78.0 Å². The van der Waals surface area contributed by atoms with Gasteiger partial charge in [0.15, 0.2) is 5.82 Å². The van der Waals surface area contributed by atoms with Crippen LogP contribution >= 0.6 is 0 Å². The molecule has 0 bridgehead atoms. The Hall–Kier alpha value is -3.08. The molecule has 3 rings (SSSR count). The third kappa shape index (κ3) is 3.32. The Bertz CT molecular complexity index is 780. The number of nitrogens with two attached hydrogens (primary N) is 1. The number of anilines is 2. The van der Waals surface area contributed by atoms with Gasteiger partial charge >= 0.3 is 0 Å². The minimum Gasteiger partial charge on any atom is -0.399 e. The van der Waals surface area contributed by atoms with E-state index in [9.17, 15) is 4.79 Å². The maximum atomic E-state index is 12.1. The van der Waals surface area contributed by atoms with Crippen LogP contribution in [-0.2, 0) is 6.54 Å². The molecule has 0 saturated carbocycles. The molecule has 3 N–H and O–H groups in total. The number of benzene rings is 2. The number of nitrogens with one attached hydrogen (secondary N) is 1. The van der Waals surface area contributed by atoms with Gasteiger partial charge in [0, 0.05) is 23.5 Å². The number of aromatic nitrogens is 2. The molecule has 0 atom stereocenters. The van der Waals surface area contributed by atoms with Crippen LogP contribution in [0.25, 0.3) is 0 Å². The van der Waals surface area contributed by atoms with Crippen LogP contribution < -0.4 is 11.1 Å². The highest BCUT2D eigenvalue weighted by atomic mass is 16.1. The standard InChI is InChI=1S/C17H16N4O/c18-15-8-4-7-14(11-15)17(22)19-16-9-10-21(20-16)12-13-5-2-1-3-6-13/h1-11H,12,18H2,(H,19,20,22). The van der Waals surface area contributed by atoms with E-state index in [0.717, 1.165) is 5.56 Å². The number of carbonyl (C=O) groups is 1. The van der Waals surface area contributed by atoms with E-state index in [-0.39, 0.29) is 5.91 Å². The molecule has 22 heavy (non-hydrogen) atoms. The molecule has 2 aromatic carbocycles. The van der Waals surface area contributed by atoms with Gasteiger partial charge in [-0.1, -0.05) is 36.4 Å². The van der Waals surface area contributed by atoms with Crippen molar-refractivity contribution in [1.29, 1.82) is 0 Å². The molecule has 5 nitrogen and oxygen atoms in total. The molecule has 5 heteroatoms. The number of nitrogen functional groups attached to an aromatic ring is 1. The van der Waals surface area contributed by atoms with E-state index in [2.05, 4.69) is 10.4 Å². The lowest BCUT2D eigenvalue weighted by Gasteiger charge is -2.03. The summed E-state index contributed by atoms with van der Waals surface area (Å²) in [6.45, 7) is 0.662. The Morgan fingerprint density at radius 1 is 1.09 bits per heavy atom. The van der Waals surface area contributed by atoms with Gasteiger partial charge in [-0.25, -0.2) is 0 Å². The zero-order valence-corrected chi connectivity index (χ0v) is 11.9. The molecule has 0 aliphatic carbocycles. The summed E-state index contributed by atoms with van der Waals surface area (Å²) in [5.41, 5.74) is 7.90. The predicted molar refractivity (Wildman–Crippen MR) is 86.6 cm³/mol. The zero-order valence-electron chi connectivity index (χ0n) is 11.9. The van der Waals surface area contributed by atoms with Gasteiger partial charge in [0.1, 0.15) is 0 Å². The molecule has 1 amide bonds. The van der Waals surface area contributed by atoms with Crippen molar-refractivity contribution >= 4 is 17.4 Å². The van der Waals surface area contributed by atoms with Gasteiger partial charge in [-0.3, -0.25) is 9.48 Å². The third-order valence-corrected chi connectivity index (χ3v) is 3.22. The minimum absolute atomic E-state index is 0.225. The Labute approximate surface area is 128 Å². The van der Waals surface area contributed by atoms with Gasteiger partial charge in [-0.05, 0) is 23.8 Å². The number of carbonyl (C=O) groups excluding carboxylic acids is 1. The van der Waals surface area contributed by atoms with E-state index >= 15 is 0 Å². The third-order valence-electron chi connectivity index (χ3n) is 3.22. The molecular weight excluding hydrogens is 276 g/mol. The highest BCUT2D eigenvalue weighted by Crippen LogP contribution is 2.11. The Morgan fingerprint density at radius 3 is 2.68 bits per heavy atom. The van der Waals surface area contributed by atoms with Crippen LogP contribution in [0.15, 0.2) is 66.9 Å². The van der Waals surface area contributed by atoms with E-state index < -0.39 is 0 Å². The maximum absolute atomic E-state index is 12.1. The van der Waals surface area contributed by atoms with Crippen molar-refractivity contribution in [1.82, 2.24) is 9.78 Å². The lowest BCUT2D eigenvalue weighted by atomic mass is 10.2. The molecule has 0 aliphatic heterocycles. The van der Waals surface area contributed by atoms with Crippen molar-refractivity contribution in [2.45, 2.75) is 6.54 Å². The Balaban J connectivity index is 1.68. The van der Waals surface area contributed by atoms with E-state index in [1.165, 1.54) is 0 Å². The molecule has 110 valence electrons. The number of rotatable bonds is 4. The average Bonchev–Trinajstić information content (AvgIpc) is 2.95. The first-order valence-electron chi connectivity index (χ1n) is 6.95. The van der Waals surface area contributed by atoms with Crippen molar-refractivity contribution < 1.29 is 4.79 Å². The molecule has 0 fully saturated rings. The Morgan fingerprint density at radius 2 is 1.91 bits per heavy atom. The molecule has 0 radical (unpaired) electrons. The first-order chi connectivity index (χ1) is 10.7. The van der Waals surface area contributed by atoms with Crippen LogP contribution in [0.1, 0.15) is 15.9 Å². The molecule has 1 aromatic heterocycles. The van der Waals surface area contributed by atoms with E-state index in [0.29, 0.717) is 23.6 Å². The Kier molecular flexibility index (Phi) is 3.87. The molecular formula is C17H16N4O.